The Hall–Kier alpha value is -1.67. The van der Waals surface area contributed by atoms with E-state index in [1.165, 1.54) is 61.6 Å². The number of hydrogen-bond donors (Lipinski definition) is 1. The minimum Gasteiger partial charge on any atom is -0.319 e. The molecule has 2 aromatic heterocycles. The zero-order chi connectivity index (χ0) is 19.2. The summed E-state index contributed by atoms with van der Waals surface area (Å²) in [6.07, 6.45) is 17.3. The molecule has 0 unspecified atom stereocenters. The van der Waals surface area contributed by atoms with Gasteiger partial charge in [-0.05, 0) is 43.5 Å². The fourth-order valence-electron chi connectivity index (χ4n) is 4.30. The second kappa shape index (κ2) is 9.69. The van der Waals surface area contributed by atoms with E-state index in [1.807, 2.05) is 0 Å². The summed E-state index contributed by atoms with van der Waals surface area (Å²) < 4.78 is 0.975. The largest absolute Gasteiger partial charge is 0.324 e. The summed E-state index contributed by atoms with van der Waals surface area (Å²) in [5, 5.41) is 4.43. The van der Waals surface area contributed by atoms with E-state index >= 15 is 0 Å². The average Bonchev–Trinajstić information content (AvgIpc) is 3.17. The van der Waals surface area contributed by atoms with Crippen LogP contribution < -0.4 is 5.32 Å². The van der Waals surface area contributed by atoms with Gasteiger partial charge in [-0.25, -0.2) is 19.7 Å². The standard InChI is InChI=1S/C20H27N5OS2/c26-20(24-19-23-14-17(28-19)27-18-21-12-7-13-22-18)25(15-8-3-1-4-9-15)16-10-5-2-6-11-16/h7,12-16H,1-6,8-11H2,(H,23,24,26). The van der Waals surface area contributed by atoms with Crippen LogP contribution in [-0.2, 0) is 0 Å². The lowest BCUT2D eigenvalue weighted by atomic mass is 9.89. The van der Waals surface area contributed by atoms with Crippen LogP contribution in [0.4, 0.5) is 9.93 Å². The van der Waals surface area contributed by atoms with Gasteiger partial charge >= 0.3 is 6.03 Å². The molecule has 0 spiro atoms. The first-order valence-electron chi connectivity index (χ1n) is 10.3. The highest BCUT2D eigenvalue weighted by Gasteiger charge is 2.32. The lowest BCUT2D eigenvalue weighted by molar-refractivity contribution is 0.114. The van der Waals surface area contributed by atoms with Crippen molar-refractivity contribution < 1.29 is 4.79 Å². The summed E-state index contributed by atoms with van der Waals surface area (Å²) in [6.45, 7) is 0. The molecule has 2 fully saturated rings. The summed E-state index contributed by atoms with van der Waals surface area (Å²) in [5.41, 5.74) is 0. The summed E-state index contributed by atoms with van der Waals surface area (Å²) in [5.74, 6) is 0. The van der Waals surface area contributed by atoms with E-state index < -0.39 is 0 Å². The molecule has 0 atom stereocenters. The molecular weight excluding hydrogens is 390 g/mol. The highest BCUT2D eigenvalue weighted by Crippen LogP contribution is 2.34. The molecule has 8 heteroatoms. The second-order valence-corrected chi connectivity index (χ2v) is 9.84. The van der Waals surface area contributed by atoms with Gasteiger partial charge in [-0.1, -0.05) is 49.9 Å². The van der Waals surface area contributed by atoms with Gasteiger partial charge in [0.05, 0.1) is 10.4 Å². The van der Waals surface area contributed by atoms with Gasteiger partial charge in [0.15, 0.2) is 10.3 Å². The summed E-state index contributed by atoms with van der Waals surface area (Å²) >= 11 is 2.95. The van der Waals surface area contributed by atoms with Crippen molar-refractivity contribution in [3.05, 3.63) is 24.7 Å². The van der Waals surface area contributed by atoms with Crippen LogP contribution in [0.15, 0.2) is 34.0 Å². The Morgan fingerprint density at radius 1 is 0.964 bits per heavy atom. The lowest BCUT2D eigenvalue weighted by Crippen LogP contribution is -2.50. The third kappa shape index (κ3) is 5.03. The maximum absolute atomic E-state index is 13.2. The molecule has 6 nitrogen and oxygen atoms in total. The van der Waals surface area contributed by atoms with E-state index in [-0.39, 0.29) is 6.03 Å². The van der Waals surface area contributed by atoms with Crippen LogP contribution in [0.25, 0.3) is 0 Å². The van der Waals surface area contributed by atoms with E-state index in [9.17, 15) is 4.79 Å². The number of amides is 2. The number of nitrogens with zero attached hydrogens (tertiary/aromatic N) is 4. The zero-order valence-corrected chi connectivity index (χ0v) is 17.7. The van der Waals surface area contributed by atoms with Crippen molar-refractivity contribution in [1.29, 1.82) is 0 Å². The Balaban J connectivity index is 1.43. The molecule has 2 aromatic rings. The third-order valence-corrected chi connectivity index (χ3v) is 7.51. The highest BCUT2D eigenvalue weighted by atomic mass is 32.2. The van der Waals surface area contributed by atoms with Crippen molar-refractivity contribution in [2.45, 2.75) is 85.7 Å². The predicted octanol–water partition coefficient (Wildman–Crippen LogP) is 5.58. The van der Waals surface area contributed by atoms with E-state index in [1.54, 1.807) is 24.7 Å². The molecule has 0 bridgehead atoms. The van der Waals surface area contributed by atoms with E-state index in [0.717, 1.165) is 29.9 Å². The molecular formula is C20H27N5OS2. The van der Waals surface area contributed by atoms with Crippen molar-refractivity contribution in [1.82, 2.24) is 19.9 Å². The number of aromatic nitrogens is 3. The Kier molecular flexibility index (Phi) is 6.80. The summed E-state index contributed by atoms with van der Waals surface area (Å²) in [7, 11) is 0. The van der Waals surface area contributed by atoms with Crippen molar-refractivity contribution >= 4 is 34.3 Å². The number of carbonyl (C=O) groups excluding carboxylic acids is 1. The SMILES string of the molecule is O=C(Nc1ncc(Sc2ncccn2)s1)N(C1CCCCC1)C1CCCCC1. The fraction of sp³-hybridized carbons (Fsp3) is 0.600. The predicted molar refractivity (Wildman–Crippen MR) is 113 cm³/mol. The van der Waals surface area contributed by atoms with Gasteiger partial charge < -0.3 is 4.90 Å². The van der Waals surface area contributed by atoms with Gasteiger partial charge in [-0.3, -0.25) is 5.32 Å². The van der Waals surface area contributed by atoms with E-state index in [0.29, 0.717) is 22.4 Å². The number of anilines is 1. The molecule has 2 aliphatic rings. The third-order valence-electron chi connectivity index (χ3n) is 5.60. The van der Waals surface area contributed by atoms with Crippen LogP contribution in [-0.4, -0.2) is 38.0 Å². The number of thiazole rings is 1. The maximum atomic E-state index is 13.2. The Bertz CT molecular complexity index is 739. The van der Waals surface area contributed by atoms with Crippen molar-refractivity contribution in [3.8, 4) is 0 Å². The quantitative estimate of drug-likeness (QED) is 0.643. The van der Waals surface area contributed by atoms with Crippen LogP contribution >= 0.6 is 23.1 Å². The fourth-order valence-corrected chi connectivity index (χ4v) is 5.98. The normalized spacial score (nSPS) is 18.7. The molecule has 2 aliphatic carbocycles. The molecule has 2 heterocycles. The molecule has 150 valence electrons. The topological polar surface area (TPSA) is 71.0 Å². The zero-order valence-electron chi connectivity index (χ0n) is 16.0. The molecule has 0 aromatic carbocycles. The number of carbonyl (C=O) groups is 1. The molecule has 28 heavy (non-hydrogen) atoms. The van der Waals surface area contributed by atoms with Crippen molar-refractivity contribution in [3.63, 3.8) is 0 Å². The first-order chi connectivity index (χ1) is 13.8. The summed E-state index contributed by atoms with van der Waals surface area (Å²) in [4.78, 5) is 28.3. The average molecular weight is 418 g/mol. The van der Waals surface area contributed by atoms with Gasteiger partial charge in [0, 0.05) is 24.5 Å². The van der Waals surface area contributed by atoms with E-state index in [4.69, 9.17) is 0 Å². The number of hydrogen-bond acceptors (Lipinski definition) is 6. The molecule has 0 radical (unpaired) electrons. The smallest absolute Gasteiger partial charge is 0.319 e. The minimum atomic E-state index is 0.0284. The molecule has 2 amide bonds. The molecule has 0 aliphatic heterocycles. The number of nitrogens with one attached hydrogen (secondary N) is 1. The Morgan fingerprint density at radius 3 is 2.18 bits per heavy atom. The highest BCUT2D eigenvalue weighted by molar-refractivity contribution is 8.01. The maximum Gasteiger partial charge on any atom is 0.324 e. The molecule has 4 rings (SSSR count). The van der Waals surface area contributed by atoms with Crippen LogP contribution in [0.5, 0.6) is 0 Å². The summed E-state index contributed by atoms with van der Waals surface area (Å²) in [6, 6.07) is 2.58. The van der Waals surface area contributed by atoms with Crippen molar-refractivity contribution in [2.75, 3.05) is 5.32 Å². The second-order valence-electron chi connectivity index (χ2n) is 7.54. The van der Waals surface area contributed by atoms with E-state index in [2.05, 4.69) is 25.2 Å². The van der Waals surface area contributed by atoms with Gasteiger partial charge in [0.2, 0.25) is 0 Å². The Morgan fingerprint density at radius 2 is 1.57 bits per heavy atom. The first kappa shape index (κ1) is 19.6. The van der Waals surface area contributed by atoms with Gasteiger partial charge in [0.1, 0.15) is 0 Å². The first-order valence-corrected chi connectivity index (χ1v) is 11.9. The van der Waals surface area contributed by atoms with Crippen LogP contribution in [0.1, 0.15) is 64.2 Å². The van der Waals surface area contributed by atoms with Gasteiger partial charge in [-0.15, -0.1) is 0 Å². The molecule has 0 saturated heterocycles. The van der Waals surface area contributed by atoms with Crippen LogP contribution in [0.3, 0.4) is 0 Å². The van der Waals surface area contributed by atoms with Gasteiger partial charge in [-0.2, -0.15) is 0 Å². The Labute approximate surface area is 174 Å². The number of urea groups is 1. The number of rotatable bonds is 5. The lowest BCUT2D eigenvalue weighted by Gasteiger charge is -2.41. The van der Waals surface area contributed by atoms with Gasteiger partial charge in [0.25, 0.3) is 0 Å². The minimum absolute atomic E-state index is 0.0284. The van der Waals surface area contributed by atoms with Crippen LogP contribution in [0.2, 0.25) is 0 Å². The molecule has 2 saturated carbocycles. The monoisotopic (exact) mass is 417 g/mol. The van der Waals surface area contributed by atoms with Crippen molar-refractivity contribution in [2.24, 2.45) is 0 Å². The molecule has 1 N–H and O–H groups in total. The van der Waals surface area contributed by atoms with Crippen LogP contribution in [0, 0.1) is 0 Å².